The summed E-state index contributed by atoms with van der Waals surface area (Å²) in [6, 6.07) is 8.60. The SMILES string of the molecule is Cc1nc2c(C)cccc2cc1C(=O)N1CCN2CCN(C)C[C@H]2C1. The highest BCUT2D eigenvalue weighted by Gasteiger charge is 2.33. The zero-order chi connectivity index (χ0) is 17.6. The van der Waals surface area contributed by atoms with Crippen molar-refractivity contribution in [2.45, 2.75) is 19.9 Å². The van der Waals surface area contributed by atoms with Crippen LogP contribution < -0.4 is 0 Å². The van der Waals surface area contributed by atoms with Crippen LogP contribution in [-0.4, -0.2) is 77.9 Å². The number of nitrogens with zero attached hydrogens (tertiary/aromatic N) is 4. The number of carbonyl (C=O) groups excluding carboxylic acids is 1. The summed E-state index contributed by atoms with van der Waals surface area (Å²) < 4.78 is 0. The minimum atomic E-state index is 0.126. The third kappa shape index (κ3) is 3.02. The smallest absolute Gasteiger partial charge is 0.255 e. The Kier molecular flexibility index (Phi) is 4.21. The molecule has 0 radical (unpaired) electrons. The van der Waals surface area contributed by atoms with E-state index < -0.39 is 0 Å². The molecule has 0 aliphatic carbocycles. The summed E-state index contributed by atoms with van der Waals surface area (Å²) in [6.45, 7) is 9.88. The first-order valence-corrected chi connectivity index (χ1v) is 9.12. The van der Waals surface area contributed by atoms with Crippen molar-refractivity contribution >= 4 is 16.8 Å². The predicted octanol–water partition coefficient (Wildman–Crippen LogP) is 1.92. The summed E-state index contributed by atoms with van der Waals surface area (Å²) in [7, 11) is 2.16. The van der Waals surface area contributed by atoms with Crippen LogP contribution in [0.15, 0.2) is 24.3 Å². The van der Waals surface area contributed by atoms with Gasteiger partial charge in [0.05, 0.1) is 16.8 Å². The molecule has 2 aromatic rings. The fraction of sp³-hybridized carbons (Fsp3) is 0.500. The number of para-hydroxylation sites is 1. The van der Waals surface area contributed by atoms with E-state index in [0.29, 0.717) is 6.04 Å². The molecule has 1 atom stereocenters. The standard InChI is InChI=1S/C20H26N4O/c1-14-5-4-6-16-11-18(15(2)21-19(14)16)20(25)24-10-9-23-8-7-22(3)12-17(23)13-24/h4-6,11,17H,7-10,12-13H2,1-3H3/t17-/m0/s1. The van der Waals surface area contributed by atoms with Crippen molar-refractivity contribution in [3.63, 3.8) is 0 Å². The maximum absolute atomic E-state index is 13.2. The summed E-state index contributed by atoms with van der Waals surface area (Å²) in [6.07, 6.45) is 0. The highest BCUT2D eigenvalue weighted by atomic mass is 16.2. The number of benzene rings is 1. The molecule has 1 aromatic heterocycles. The molecule has 5 heteroatoms. The van der Waals surface area contributed by atoms with E-state index in [-0.39, 0.29) is 5.91 Å². The van der Waals surface area contributed by atoms with Crippen LogP contribution in [0.4, 0.5) is 0 Å². The molecule has 1 aromatic carbocycles. The van der Waals surface area contributed by atoms with E-state index in [1.807, 2.05) is 30.0 Å². The fourth-order valence-electron chi connectivity index (χ4n) is 4.12. The van der Waals surface area contributed by atoms with Crippen molar-refractivity contribution in [2.24, 2.45) is 0 Å². The maximum atomic E-state index is 13.2. The molecule has 0 saturated carbocycles. The first-order chi connectivity index (χ1) is 12.0. The molecule has 0 spiro atoms. The normalized spacial score (nSPS) is 22.2. The van der Waals surface area contributed by atoms with Gasteiger partial charge in [0.2, 0.25) is 0 Å². The third-order valence-corrected chi connectivity index (χ3v) is 5.65. The van der Waals surface area contributed by atoms with Crippen molar-refractivity contribution in [3.8, 4) is 0 Å². The number of likely N-dealkylation sites (N-methyl/N-ethyl adjacent to an activating group) is 1. The lowest BCUT2D eigenvalue weighted by Gasteiger charge is -2.46. The number of rotatable bonds is 1. The van der Waals surface area contributed by atoms with Crippen LogP contribution in [0, 0.1) is 13.8 Å². The van der Waals surface area contributed by atoms with Crippen LogP contribution in [0.3, 0.4) is 0 Å². The summed E-state index contributed by atoms with van der Waals surface area (Å²) >= 11 is 0. The fourth-order valence-corrected chi connectivity index (χ4v) is 4.12. The lowest BCUT2D eigenvalue weighted by Crippen LogP contribution is -2.62. The van der Waals surface area contributed by atoms with Gasteiger partial charge in [0.1, 0.15) is 0 Å². The third-order valence-electron chi connectivity index (χ3n) is 5.65. The van der Waals surface area contributed by atoms with Crippen LogP contribution in [0.1, 0.15) is 21.6 Å². The minimum absolute atomic E-state index is 0.126. The van der Waals surface area contributed by atoms with Crippen molar-refractivity contribution < 1.29 is 4.79 Å². The van der Waals surface area contributed by atoms with Gasteiger partial charge in [-0.3, -0.25) is 14.7 Å². The Morgan fingerprint density at radius 1 is 1.12 bits per heavy atom. The van der Waals surface area contributed by atoms with Crippen molar-refractivity contribution in [2.75, 3.05) is 46.3 Å². The number of hydrogen-bond acceptors (Lipinski definition) is 4. The highest BCUT2D eigenvalue weighted by molar-refractivity contribution is 5.99. The molecule has 3 heterocycles. The Labute approximate surface area is 149 Å². The van der Waals surface area contributed by atoms with E-state index >= 15 is 0 Å². The molecule has 2 fully saturated rings. The minimum Gasteiger partial charge on any atom is -0.336 e. The molecular formula is C20H26N4O. The average Bonchev–Trinajstić information content (AvgIpc) is 2.61. The second kappa shape index (κ2) is 6.39. The van der Waals surface area contributed by atoms with Gasteiger partial charge in [-0.05, 0) is 32.5 Å². The summed E-state index contributed by atoms with van der Waals surface area (Å²) in [5.41, 5.74) is 3.72. The Bertz CT molecular complexity index is 819. The first-order valence-electron chi connectivity index (χ1n) is 9.12. The second-order valence-electron chi connectivity index (χ2n) is 7.47. The van der Waals surface area contributed by atoms with Crippen LogP contribution in [0.5, 0.6) is 0 Å². The molecule has 0 unspecified atom stereocenters. The molecule has 132 valence electrons. The van der Waals surface area contributed by atoms with Crippen LogP contribution in [0.2, 0.25) is 0 Å². The van der Waals surface area contributed by atoms with Gasteiger partial charge in [-0.2, -0.15) is 0 Å². The van der Waals surface area contributed by atoms with Gasteiger partial charge >= 0.3 is 0 Å². The number of hydrogen-bond donors (Lipinski definition) is 0. The number of pyridine rings is 1. The van der Waals surface area contributed by atoms with Gasteiger partial charge in [-0.15, -0.1) is 0 Å². The highest BCUT2D eigenvalue weighted by Crippen LogP contribution is 2.22. The van der Waals surface area contributed by atoms with Crippen molar-refractivity contribution in [1.29, 1.82) is 0 Å². The molecule has 4 rings (SSSR count). The molecule has 1 amide bonds. The number of carbonyl (C=O) groups is 1. The number of aryl methyl sites for hydroxylation is 2. The summed E-state index contributed by atoms with van der Waals surface area (Å²) in [5, 5.41) is 1.05. The topological polar surface area (TPSA) is 39.7 Å². The molecule has 2 aliphatic rings. The Morgan fingerprint density at radius 2 is 1.92 bits per heavy atom. The average molecular weight is 338 g/mol. The van der Waals surface area contributed by atoms with Gasteiger partial charge in [-0.1, -0.05) is 18.2 Å². The molecule has 0 N–H and O–H groups in total. The van der Waals surface area contributed by atoms with Gasteiger partial charge < -0.3 is 9.80 Å². The maximum Gasteiger partial charge on any atom is 0.255 e. The van der Waals surface area contributed by atoms with Crippen LogP contribution >= 0.6 is 0 Å². The van der Waals surface area contributed by atoms with E-state index in [2.05, 4.69) is 29.8 Å². The first kappa shape index (κ1) is 16.5. The van der Waals surface area contributed by atoms with E-state index in [9.17, 15) is 4.79 Å². The molecule has 0 bridgehead atoms. The number of piperazine rings is 2. The molecular weight excluding hydrogens is 312 g/mol. The molecule has 25 heavy (non-hydrogen) atoms. The Balaban J connectivity index is 1.60. The van der Waals surface area contributed by atoms with Gasteiger partial charge in [0, 0.05) is 50.7 Å². The summed E-state index contributed by atoms with van der Waals surface area (Å²) in [4.78, 5) is 24.8. The molecule has 2 saturated heterocycles. The van der Waals surface area contributed by atoms with E-state index in [1.54, 1.807) is 0 Å². The number of aromatic nitrogens is 1. The van der Waals surface area contributed by atoms with Crippen molar-refractivity contribution in [3.05, 3.63) is 41.1 Å². The van der Waals surface area contributed by atoms with E-state index in [4.69, 9.17) is 4.98 Å². The zero-order valence-electron chi connectivity index (χ0n) is 15.3. The quantitative estimate of drug-likeness (QED) is 0.796. The predicted molar refractivity (Wildman–Crippen MR) is 100.0 cm³/mol. The monoisotopic (exact) mass is 338 g/mol. The Hall–Kier alpha value is -1.98. The lowest BCUT2D eigenvalue weighted by molar-refractivity contribution is 0.0189. The second-order valence-corrected chi connectivity index (χ2v) is 7.47. The van der Waals surface area contributed by atoms with Gasteiger partial charge in [0.25, 0.3) is 5.91 Å². The van der Waals surface area contributed by atoms with Gasteiger partial charge in [-0.25, -0.2) is 0 Å². The number of fused-ring (bicyclic) bond motifs is 2. The Morgan fingerprint density at radius 3 is 2.76 bits per heavy atom. The molecule has 5 nitrogen and oxygen atoms in total. The van der Waals surface area contributed by atoms with E-state index in [1.165, 1.54) is 0 Å². The lowest BCUT2D eigenvalue weighted by atomic mass is 10.0. The van der Waals surface area contributed by atoms with Crippen LogP contribution in [0.25, 0.3) is 10.9 Å². The largest absolute Gasteiger partial charge is 0.336 e. The van der Waals surface area contributed by atoms with Gasteiger partial charge in [0.15, 0.2) is 0 Å². The van der Waals surface area contributed by atoms with Crippen molar-refractivity contribution in [1.82, 2.24) is 19.7 Å². The van der Waals surface area contributed by atoms with Crippen LogP contribution in [-0.2, 0) is 0 Å². The zero-order valence-corrected chi connectivity index (χ0v) is 15.3. The number of amides is 1. The molecule has 2 aliphatic heterocycles. The summed E-state index contributed by atoms with van der Waals surface area (Å²) in [5.74, 6) is 0.126. The van der Waals surface area contributed by atoms with E-state index in [0.717, 1.165) is 67.0 Å².